The van der Waals surface area contributed by atoms with Gasteiger partial charge in [-0.2, -0.15) is 0 Å². The molecule has 0 aliphatic carbocycles. The van der Waals surface area contributed by atoms with Gasteiger partial charge in [0.2, 0.25) is 0 Å². The average molecular weight is 380 g/mol. The first-order valence-corrected chi connectivity index (χ1v) is 9.27. The number of aromatic nitrogens is 2. The summed E-state index contributed by atoms with van der Waals surface area (Å²) in [6, 6.07) is 15.1. The summed E-state index contributed by atoms with van der Waals surface area (Å²) in [5.41, 5.74) is 9.17. The third-order valence-electron chi connectivity index (χ3n) is 3.74. The molecule has 0 atom stereocenters. The number of aryl methyl sites for hydroxylation is 1. The molecule has 0 aliphatic heterocycles. The molecule has 0 amide bonds. The second kappa shape index (κ2) is 8.55. The van der Waals surface area contributed by atoms with E-state index in [0.717, 1.165) is 10.6 Å². The molecule has 0 unspecified atom stereocenters. The van der Waals surface area contributed by atoms with E-state index in [9.17, 15) is 4.79 Å². The predicted molar refractivity (Wildman–Crippen MR) is 107 cm³/mol. The summed E-state index contributed by atoms with van der Waals surface area (Å²) in [6.07, 6.45) is 1.47. The summed E-state index contributed by atoms with van der Waals surface area (Å²) in [6.45, 7) is 4.17. The van der Waals surface area contributed by atoms with Gasteiger partial charge in [-0.25, -0.2) is 14.8 Å². The molecule has 138 valence electrons. The molecular formula is C20H20N4O2S. The molecule has 3 aromatic rings. The fourth-order valence-corrected chi connectivity index (χ4v) is 3.12. The molecule has 1 heterocycles. The van der Waals surface area contributed by atoms with Crippen LogP contribution in [0.4, 0.5) is 17.2 Å². The molecular weight excluding hydrogens is 360 g/mol. The van der Waals surface area contributed by atoms with Crippen LogP contribution in [-0.2, 0) is 4.74 Å². The van der Waals surface area contributed by atoms with Gasteiger partial charge < -0.3 is 15.8 Å². The molecule has 7 heteroatoms. The smallest absolute Gasteiger partial charge is 0.338 e. The minimum atomic E-state index is -0.345. The fourth-order valence-electron chi connectivity index (χ4n) is 2.32. The van der Waals surface area contributed by atoms with Crippen LogP contribution < -0.4 is 11.1 Å². The van der Waals surface area contributed by atoms with Crippen LogP contribution in [0.25, 0.3) is 0 Å². The Bertz CT molecular complexity index is 928. The van der Waals surface area contributed by atoms with E-state index < -0.39 is 0 Å². The number of ether oxygens (including phenoxy) is 1. The normalized spacial score (nSPS) is 10.4. The van der Waals surface area contributed by atoms with E-state index in [1.54, 1.807) is 31.2 Å². The van der Waals surface area contributed by atoms with Gasteiger partial charge in [-0.15, -0.1) is 0 Å². The van der Waals surface area contributed by atoms with E-state index in [2.05, 4.69) is 15.3 Å². The second-order valence-electron chi connectivity index (χ2n) is 5.78. The van der Waals surface area contributed by atoms with Crippen LogP contribution in [-0.4, -0.2) is 22.5 Å². The topological polar surface area (TPSA) is 90.1 Å². The first-order chi connectivity index (χ1) is 13.1. The van der Waals surface area contributed by atoms with Crippen molar-refractivity contribution >= 4 is 34.9 Å². The Hall–Kier alpha value is -3.06. The number of carbonyl (C=O) groups is 1. The predicted octanol–water partition coefficient (Wildman–Crippen LogP) is 4.44. The van der Waals surface area contributed by atoms with Gasteiger partial charge in [0.1, 0.15) is 17.0 Å². The van der Waals surface area contributed by atoms with Gasteiger partial charge in [0, 0.05) is 10.6 Å². The number of hydrogen-bond donors (Lipinski definition) is 2. The molecule has 0 spiro atoms. The lowest BCUT2D eigenvalue weighted by Crippen LogP contribution is -2.05. The highest BCUT2D eigenvalue weighted by Gasteiger charge is 2.11. The third-order valence-corrected chi connectivity index (χ3v) is 4.77. The molecule has 0 radical (unpaired) electrons. The zero-order valence-electron chi connectivity index (χ0n) is 15.1. The van der Waals surface area contributed by atoms with Gasteiger partial charge in [0.15, 0.2) is 5.82 Å². The molecule has 0 fully saturated rings. The van der Waals surface area contributed by atoms with E-state index in [1.165, 1.54) is 23.7 Å². The van der Waals surface area contributed by atoms with Gasteiger partial charge >= 0.3 is 5.97 Å². The quantitative estimate of drug-likeness (QED) is 0.482. The standard InChI is InChI=1S/C20H20N4O2S/c1-3-26-20(25)14-6-8-15(9-7-14)24-18-17(21)19(23-12-22-18)27-16-10-4-13(2)5-11-16/h4-12H,3,21H2,1-2H3,(H,22,23,24). The lowest BCUT2D eigenvalue weighted by Gasteiger charge is -2.11. The van der Waals surface area contributed by atoms with Crippen LogP contribution in [0.2, 0.25) is 0 Å². The van der Waals surface area contributed by atoms with Gasteiger partial charge in [-0.3, -0.25) is 0 Å². The Morgan fingerprint density at radius 2 is 1.81 bits per heavy atom. The number of anilines is 3. The van der Waals surface area contributed by atoms with E-state index in [1.807, 2.05) is 31.2 Å². The Labute approximate surface area is 162 Å². The van der Waals surface area contributed by atoms with E-state index >= 15 is 0 Å². The molecule has 27 heavy (non-hydrogen) atoms. The first-order valence-electron chi connectivity index (χ1n) is 8.46. The Morgan fingerprint density at radius 1 is 1.11 bits per heavy atom. The molecule has 6 nitrogen and oxygen atoms in total. The van der Waals surface area contributed by atoms with E-state index in [-0.39, 0.29) is 5.97 Å². The molecule has 0 saturated heterocycles. The Kier molecular flexibility index (Phi) is 5.93. The first kappa shape index (κ1) is 18.7. The molecule has 2 aromatic carbocycles. The van der Waals surface area contributed by atoms with Gasteiger partial charge in [-0.1, -0.05) is 29.5 Å². The van der Waals surface area contributed by atoms with Crippen molar-refractivity contribution in [3.63, 3.8) is 0 Å². The minimum Gasteiger partial charge on any atom is -0.462 e. The number of esters is 1. The Balaban J connectivity index is 1.75. The van der Waals surface area contributed by atoms with Gasteiger partial charge in [0.25, 0.3) is 0 Å². The number of nitrogens with zero attached hydrogens (tertiary/aromatic N) is 2. The van der Waals surface area contributed by atoms with Crippen molar-refractivity contribution in [3.05, 3.63) is 66.0 Å². The summed E-state index contributed by atoms with van der Waals surface area (Å²) in [5, 5.41) is 3.84. The highest BCUT2D eigenvalue weighted by molar-refractivity contribution is 7.99. The van der Waals surface area contributed by atoms with Crippen molar-refractivity contribution in [3.8, 4) is 0 Å². The number of nitrogens with one attached hydrogen (secondary N) is 1. The monoisotopic (exact) mass is 380 g/mol. The average Bonchev–Trinajstić information content (AvgIpc) is 2.67. The third kappa shape index (κ3) is 4.77. The number of carbonyl (C=O) groups excluding carboxylic acids is 1. The summed E-state index contributed by atoms with van der Waals surface area (Å²) in [5.74, 6) is 0.172. The van der Waals surface area contributed by atoms with Gasteiger partial charge in [0.05, 0.1) is 12.2 Å². The van der Waals surface area contributed by atoms with Crippen LogP contribution >= 0.6 is 11.8 Å². The molecule has 0 saturated carbocycles. The van der Waals surface area contributed by atoms with Crippen molar-refractivity contribution < 1.29 is 9.53 Å². The molecule has 3 rings (SSSR count). The highest BCUT2D eigenvalue weighted by Crippen LogP contribution is 2.34. The molecule has 0 bridgehead atoms. The largest absolute Gasteiger partial charge is 0.462 e. The van der Waals surface area contributed by atoms with E-state index in [0.29, 0.717) is 28.7 Å². The fraction of sp³-hybridized carbons (Fsp3) is 0.150. The number of hydrogen-bond acceptors (Lipinski definition) is 7. The SMILES string of the molecule is CCOC(=O)c1ccc(Nc2ncnc(Sc3ccc(C)cc3)c2N)cc1. The van der Waals surface area contributed by atoms with Crippen LogP contribution in [0.15, 0.2) is 64.8 Å². The zero-order valence-corrected chi connectivity index (χ0v) is 15.9. The lowest BCUT2D eigenvalue weighted by atomic mass is 10.2. The van der Waals surface area contributed by atoms with E-state index in [4.69, 9.17) is 10.5 Å². The maximum absolute atomic E-state index is 11.7. The van der Waals surface area contributed by atoms with Crippen molar-refractivity contribution in [1.29, 1.82) is 0 Å². The molecule has 3 N–H and O–H groups in total. The summed E-state index contributed by atoms with van der Waals surface area (Å²) >= 11 is 1.48. The molecule has 0 aliphatic rings. The van der Waals surface area contributed by atoms with Crippen LogP contribution in [0.3, 0.4) is 0 Å². The van der Waals surface area contributed by atoms with Gasteiger partial charge in [-0.05, 0) is 50.2 Å². The summed E-state index contributed by atoms with van der Waals surface area (Å²) < 4.78 is 4.98. The number of rotatable bonds is 6. The van der Waals surface area contributed by atoms with Crippen molar-refractivity contribution in [2.45, 2.75) is 23.8 Å². The Morgan fingerprint density at radius 3 is 2.48 bits per heavy atom. The number of benzene rings is 2. The van der Waals surface area contributed by atoms with Crippen molar-refractivity contribution in [2.75, 3.05) is 17.7 Å². The maximum Gasteiger partial charge on any atom is 0.338 e. The maximum atomic E-state index is 11.7. The highest BCUT2D eigenvalue weighted by atomic mass is 32.2. The summed E-state index contributed by atoms with van der Waals surface area (Å²) in [7, 11) is 0. The lowest BCUT2D eigenvalue weighted by molar-refractivity contribution is 0.0526. The number of nitrogen functional groups attached to an aromatic ring is 1. The van der Waals surface area contributed by atoms with Crippen LogP contribution in [0.1, 0.15) is 22.8 Å². The van der Waals surface area contributed by atoms with Crippen LogP contribution in [0, 0.1) is 6.92 Å². The zero-order chi connectivity index (χ0) is 19.2. The van der Waals surface area contributed by atoms with Crippen molar-refractivity contribution in [2.24, 2.45) is 0 Å². The summed E-state index contributed by atoms with van der Waals surface area (Å²) in [4.78, 5) is 21.3. The second-order valence-corrected chi connectivity index (χ2v) is 6.84. The number of nitrogens with two attached hydrogens (primary N) is 1. The van der Waals surface area contributed by atoms with Crippen LogP contribution in [0.5, 0.6) is 0 Å². The van der Waals surface area contributed by atoms with Crippen molar-refractivity contribution in [1.82, 2.24) is 9.97 Å². The minimum absolute atomic E-state index is 0.345. The molecule has 1 aromatic heterocycles.